The predicted molar refractivity (Wildman–Crippen MR) is 35.6 cm³/mol. The highest BCUT2D eigenvalue weighted by Gasteiger charge is 1.90. The van der Waals surface area contributed by atoms with Crippen LogP contribution in [0, 0.1) is 0 Å². The van der Waals surface area contributed by atoms with E-state index in [1.165, 1.54) is 0 Å². The molecule has 0 unspecified atom stereocenters. The first kappa shape index (κ1) is 6.20. The average Bonchev–Trinajstić information content (AvgIpc) is 2.34. The smallest absolute Gasteiger partial charge is 0.465 e. The van der Waals surface area contributed by atoms with Crippen LogP contribution in [0.2, 0.25) is 0 Å². The van der Waals surface area contributed by atoms with Gasteiger partial charge < -0.3 is 9.15 Å². The Bertz CT molecular complexity index is 149. The van der Waals surface area contributed by atoms with Crippen molar-refractivity contribution in [1.29, 1.82) is 0 Å². The van der Waals surface area contributed by atoms with Crippen molar-refractivity contribution in [3.8, 4) is 5.95 Å². The normalized spacial score (nSPS) is 9.44. The molecule has 1 aromatic rings. The summed E-state index contributed by atoms with van der Waals surface area (Å²) in [5.41, 5.74) is 0. The van der Waals surface area contributed by atoms with E-state index in [1.54, 1.807) is 12.3 Å². The molecule has 1 heterocycles. The molecule has 9 heavy (non-hydrogen) atoms. The van der Waals surface area contributed by atoms with Gasteiger partial charge in [-0.05, 0) is 12.5 Å². The fraction of sp³-hybridized carbons (Fsp3) is 0.429. The van der Waals surface area contributed by atoms with E-state index in [0.717, 1.165) is 13.0 Å². The third kappa shape index (κ3) is 1.80. The molecule has 0 aliphatic rings. The van der Waals surface area contributed by atoms with Gasteiger partial charge in [0.2, 0.25) is 0 Å². The van der Waals surface area contributed by atoms with Gasteiger partial charge in [0.1, 0.15) is 0 Å². The maximum absolute atomic E-state index is 5.13. The summed E-state index contributed by atoms with van der Waals surface area (Å²) in [6.07, 6.45) is 2.62. The standard InChI is InChI=1S/C7H10O2/c1-2-5-8-7-4-3-6-9-7/h3-4,6H,2,5H2,1H3/p+1. The summed E-state index contributed by atoms with van der Waals surface area (Å²) in [6, 6.07) is 3.61. The van der Waals surface area contributed by atoms with E-state index in [9.17, 15) is 0 Å². The Morgan fingerprint density at radius 2 is 2.67 bits per heavy atom. The second kappa shape index (κ2) is 3.17. The van der Waals surface area contributed by atoms with Crippen molar-refractivity contribution in [1.82, 2.24) is 0 Å². The quantitative estimate of drug-likeness (QED) is 0.621. The lowest BCUT2D eigenvalue weighted by molar-refractivity contribution is 0.243. The van der Waals surface area contributed by atoms with Crippen molar-refractivity contribution in [2.45, 2.75) is 13.3 Å². The van der Waals surface area contributed by atoms with E-state index in [0.29, 0.717) is 5.95 Å². The number of ether oxygens (including phenoxy) is 1. The highest BCUT2D eigenvalue weighted by atomic mass is 16.6. The van der Waals surface area contributed by atoms with E-state index < -0.39 is 0 Å². The van der Waals surface area contributed by atoms with Gasteiger partial charge in [0, 0.05) is 6.07 Å². The van der Waals surface area contributed by atoms with E-state index >= 15 is 0 Å². The first-order valence-corrected chi connectivity index (χ1v) is 3.10. The van der Waals surface area contributed by atoms with Crippen LogP contribution >= 0.6 is 0 Å². The SMILES string of the molecule is CCCOc1ccco1.[H+]. The van der Waals surface area contributed by atoms with Gasteiger partial charge in [-0.1, -0.05) is 6.92 Å². The molecule has 0 aliphatic heterocycles. The van der Waals surface area contributed by atoms with Crippen LogP contribution < -0.4 is 4.74 Å². The van der Waals surface area contributed by atoms with Gasteiger partial charge in [-0.15, -0.1) is 0 Å². The molecule has 0 saturated carbocycles. The summed E-state index contributed by atoms with van der Waals surface area (Å²) < 4.78 is 10.0. The van der Waals surface area contributed by atoms with Crippen LogP contribution in [-0.4, -0.2) is 6.61 Å². The van der Waals surface area contributed by atoms with Crippen LogP contribution in [0.5, 0.6) is 5.95 Å². The van der Waals surface area contributed by atoms with Gasteiger partial charge in [-0.2, -0.15) is 0 Å². The molecule has 2 heteroatoms. The van der Waals surface area contributed by atoms with Gasteiger partial charge >= 0.3 is 1.43 Å². The van der Waals surface area contributed by atoms with Crippen molar-refractivity contribution in [2.24, 2.45) is 0 Å². The van der Waals surface area contributed by atoms with Gasteiger partial charge in [-0.25, -0.2) is 0 Å². The Hall–Kier alpha value is -0.920. The van der Waals surface area contributed by atoms with Crippen LogP contribution in [0.1, 0.15) is 14.8 Å². The monoisotopic (exact) mass is 127 g/mol. The second-order valence-corrected chi connectivity index (χ2v) is 1.78. The van der Waals surface area contributed by atoms with Crippen LogP contribution in [-0.2, 0) is 0 Å². The number of furan rings is 1. The minimum absolute atomic E-state index is 0. The maximum Gasteiger partial charge on any atom is 1.00 e. The fourth-order valence-corrected chi connectivity index (χ4v) is 0.548. The van der Waals surface area contributed by atoms with Crippen molar-refractivity contribution in [2.75, 3.05) is 6.61 Å². The molecular formula is C7H11O2+. The van der Waals surface area contributed by atoms with Crippen molar-refractivity contribution < 1.29 is 10.6 Å². The Labute approximate surface area is 55.9 Å². The lowest BCUT2D eigenvalue weighted by Gasteiger charge is -1.96. The Kier molecular flexibility index (Phi) is 2.19. The van der Waals surface area contributed by atoms with Crippen molar-refractivity contribution >= 4 is 0 Å². The highest BCUT2D eigenvalue weighted by molar-refractivity contribution is 5.03. The predicted octanol–water partition coefficient (Wildman–Crippen LogP) is 2.18. The summed E-state index contributed by atoms with van der Waals surface area (Å²) in [4.78, 5) is 0. The van der Waals surface area contributed by atoms with Crippen LogP contribution in [0.4, 0.5) is 0 Å². The third-order valence-electron chi connectivity index (χ3n) is 0.944. The minimum Gasteiger partial charge on any atom is -0.465 e. The second-order valence-electron chi connectivity index (χ2n) is 1.78. The summed E-state index contributed by atoms with van der Waals surface area (Å²) in [7, 11) is 0. The van der Waals surface area contributed by atoms with Gasteiger partial charge in [0.15, 0.2) is 0 Å². The van der Waals surface area contributed by atoms with Crippen molar-refractivity contribution in [3.63, 3.8) is 0 Å². The summed E-state index contributed by atoms with van der Waals surface area (Å²) in [5, 5.41) is 0. The molecule has 0 aliphatic carbocycles. The molecular weight excluding hydrogens is 116 g/mol. The molecule has 0 atom stereocenters. The van der Waals surface area contributed by atoms with E-state index in [-0.39, 0.29) is 1.43 Å². The summed E-state index contributed by atoms with van der Waals surface area (Å²) >= 11 is 0. The topological polar surface area (TPSA) is 22.4 Å². The zero-order valence-electron chi connectivity index (χ0n) is 6.46. The molecule has 1 aromatic heterocycles. The van der Waals surface area contributed by atoms with Gasteiger partial charge in [0.05, 0.1) is 12.9 Å². The molecule has 0 bridgehead atoms. The molecule has 0 spiro atoms. The molecule has 0 saturated heterocycles. The molecule has 50 valence electrons. The molecule has 0 radical (unpaired) electrons. The number of hydrogen-bond acceptors (Lipinski definition) is 2. The molecule has 1 rings (SSSR count). The number of hydrogen-bond donors (Lipinski definition) is 0. The molecule has 0 amide bonds. The van der Waals surface area contributed by atoms with Crippen molar-refractivity contribution in [3.05, 3.63) is 18.4 Å². The van der Waals surface area contributed by atoms with Gasteiger partial charge in [-0.3, -0.25) is 0 Å². The van der Waals surface area contributed by atoms with Crippen LogP contribution in [0.15, 0.2) is 22.8 Å². The molecule has 0 N–H and O–H groups in total. The maximum atomic E-state index is 5.13. The first-order valence-electron chi connectivity index (χ1n) is 3.10. The zero-order chi connectivity index (χ0) is 6.53. The average molecular weight is 127 g/mol. The third-order valence-corrected chi connectivity index (χ3v) is 0.944. The lowest BCUT2D eigenvalue weighted by atomic mass is 10.5. The van der Waals surface area contributed by atoms with Gasteiger partial charge in [0.25, 0.3) is 5.95 Å². The van der Waals surface area contributed by atoms with Crippen LogP contribution in [0.25, 0.3) is 0 Å². The van der Waals surface area contributed by atoms with Crippen LogP contribution in [0.3, 0.4) is 0 Å². The Morgan fingerprint density at radius 1 is 1.78 bits per heavy atom. The van der Waals surface area contributed by atoms with E-state index in [4.69, 9.17) is 9.15 Å². The lowest BCUT2D eigenvalue weighted by Crippen LogP contribution is -1.92. The minimum atomic E-state index is 0. The molecule has 0 fully saturated rings. The summed E-state index contributed by atoms with van der Waals surface area (Å²) in [5.74, 6) is 0.608. The summed E-state index contributed by atoms with van der Waals surface area (Å²) in [6.45, 7) is 2.79. The highest BCUT2D eigenvalue weighted by Crippen LogP contribution is 2.09. The Balaban J connectivity index is 0.000000810. The fourth-order valence-electron chi connectivity index (χ4n) is 0.548. The Morgan fingerprint density at radius 3 is 3.22 bits per heavy atom. The first-order chi connectivity index (χ1) is 4.43. The van der Waals surface area contributed by atoms with E-state index in [2.05, 4.69) is 6.92 Å². The number of rotatable bonds is 3. The zero-order valence-corrected chi connectivity index (χ0v) is 5.46. The largest absolute Gasteiger partial charge is 1.00 e. The van der Waals surface area contributed by atoms with E-state index in [1.807, 2.05) is 6.07 Å². The molecule has 0 aromatic carbocycles. The molecule has 2 nitrogen and oxygen atoms in total.